The zero-order chi connectivity index (χ0) is 15.3. The SMILES string of the molecule is NC(=O)c1cc(F)cc2nc3c(C4CCOCC4)c[nH]n3c12. The first-order chi connectivity index (χ1) is 10.6. The molecule has 3 N–H and O–H groups in total. The Balaban J connectivity index is 1.96. The van der Waals surface area contributed by atoms with Gasteiger partial charge in [0.25, 0.3) is 5.91 Å². The Hall–Kier alpha value is -2.41. The standard InChI is InChI=1S/C15H15FN4O2/c16-9-5-10(14(17)21)13-12(6-9)19-15-11(7-18-20(13)15)8-1-3-22-4-2-8/h5-8,18H,1-4H2,(H2,17,21). The fourth-order valence-electron chi connectivity index (χ4n) is 3.19. The van der Waals surface area contributed by atoms with Crippen molar-refractivity contribution in [2.45, 2.75) is 18.8 Å². The van der Waals surface area contributed by atoms with Crippen molar-refractivity contribution in [1.82, 2.24) is 14.6 Å². The predicted octanol–water partition coefficient (Wildman–Crippen LogP) is 1.95. The maximum atomic E-state index is 13.7. The number of imidazole rings is 1. The van der Waals surface area contributed by atoms with Gasteiger partial charge in [-0.1, -0.05) is 0 Å². The minimum absolute atomic E-state index is 0.128. The number of halogens is 1. The molecule has 3 aromatic rings. The van der Waals surface area contributed by atoms with Gasteiger partial charge in [0.05, 0.1) is 11.1 Å². The van der Waals surface area contributed by atoms with Crippen LogP contribution in [0.15, 0.2) is 18.3 Å². The van der Waals surface area contributed by atoms with E-state index < -0.39 is 11.7 Å². The molecule has 4 rings (SSSR count). The summed E-state index contributed by atoms with van der Waals surface area (Å²) in [5.41, 5.74) is 8.22. The minimum Gasteiger partial charge on any atom is -0.381 e. The molecule has 0 atom stereocenters. The normalized spacial score (nSPS) is 16.6. The molecule has 1 aromatic carbocycles. The number of fused-ring (bicyclic) bond motifs is 3. The Morgan fingerprint density at radius 2 is 2.18 bits per heavy atom. The molecule has 114 valence electrons. The van der Waals surface area contributed by atoms with Crippen LogP contribution in [0.1, 0.15) is 34.7 Å². The molecule has 0 bridgehead atoms. The second kappa shape index (κ2) is 4.81. The van der Waals surface area contributed by atoms with Crippen molar-refractivity contribution in [3.05, 3.63) is 35.3 Å². The van der Waals surface area contributed by atoms with Gasteiger partial charge in [-0.25, -0.2) is 13.9 Å². The zero-order valence-corrected chi connectivity index (χ0v) is 11.8. The maximum Gasteiger partial charge on any atom is 0.251 e. The van der Waals surface area contributed by atoms with Crippen molar-refractivity contribution >= 4 is 22.6 Å². The van der Waals surface area contributed by atoms with Gasteiger partial charge in [-0.15, -0.1) is 0 Å². The van der Waals surface area contributed by atoms with Gasteiger partial charge in [0.2, 0.25) is 0 Å². The third-order valence-corrected chi connectivity index (χ3v) is 4.25. The van der Waals surface area contributed by atoms with Gasteiger partial charge in [0, 0.05) is 31.0 Å². The van der Waals surface area contributed by atoms with Crippen LogP contribution in [0.3, 0.4) is 0 Å². The maximum absolute atomic E-state index is 13.7. The number of carbonyl (C=O) groups excluding carboxylic acids is 1. The highest BCUT2D eigenvalue weighted by Gasteiger charge is 2.23. The average Bonchev–Trinajstić information content (AvgIpc) is 3.05. The number of carbonyl (C=O) groups is 1. The summed E-state index contributed by atoms with van der Waals surface area (Å²) in [6.45, 7) is 1.45. The van der Waals surface area contributed by atoms with Gasteiger partial charge in [-0.3, -0.25) is 9.89 Å². The lowest BCUT2D eigenvalue weighted by Gasteiger charge is -2.20. The van der Waals surface area contributed by atoms with Crippen molar-refractivity contribution in [3.8, 4) is 0 Å². The molecule has 7 heteroatoms. The summed E-state index contributed by atoms with van der Waals surface area (Å²) in [6.07, 6.45) is 3.74. The molecule has 6 nitrogen and oxygen atoms in total. The Morgan fingerprint density at radius 1 is 1.41 bits per heavy atom. The van der Waals surface area contributed by atoms with E-state index in [1.54, 1.807) is 4.52 Å². The highest BCUT2D eigenvalue weighted by Crippen LogP contribution is 2.32. The summed E-state index contributed by atoms with van der Waals surface area (Å²) in [5, 5.41) is 3.11. The summed E-state index contributed by atoms with van der Waals surface area (Å²) in [6, 6.07) is 2.46. The van der Waals surface area contributed by atoms with E-state index in [9.17, 15) is 9.18 Å². The first-order valence-corrected chi connectivity index (χ1v) is 7.21. The predicted molar refractivity (Wildman–Crippen MR) is 78.3 cm³/mol. The molecule has 1 saturated heterocycles. The van der Waals surface area contributed by atoms with Crippen LogP contribution in [0.25, 0.3) is 16.7 Å². The quantitative estimate of drug-likeness (QED) is 0.758. The topological polar surface area (TPSA) is 85.4 Å². The zero-order valence-electron chi connectivity index (χ0n) is 11.8. The number of rotatable bonds is 2. The molecule has 0 saturated carbocycles. The molecule has 0 unspecified atom stereocenters. The summed E-state index contributed by atoms with van der Waals surface area (Å²) in [7, 11) is 0. The number of ether oxygens (including phenoxy) is 1. The molecule has 22 heavy (non-hydrogen) atoms. The minimum atomic E-state index is -0.673. The number of aromatic amines is 1. The summed E-state index contributed by atoms with van der Waals surface area (Å²) in [4.78, 5) is 16.1. The monoisotopic (exact) mass is 302 g/mol. The van der Waals surface area contributed by atoms with E-state index in [4.69, 9.17) is 10.5 Å². The van der Waals surface area contributed by atoms with Crippen LogP contribution in [-0.2, 0) is 4.74 Å². The van der Waals surface area contributed by atoms with Crippen molar-refractivity contribution in [2.24, 2.45) is 5.73 Å². The lowest BCUT2D eigenvalue weighted by atomic mass is 9.94. The number of H-pyrrole nitrogens is 1. The van der Waals surface area contributed by atoms with Crippen molar-refractivity contribution in [3.63, 3.8) is 0 Å². The van der Waals surface area contributed by atoms with Crippen LogP contribution in [-0.4, -0.2) is 33.7 Å². The van der Waals surface area contributed by atoms with Crippen molar-refractivity contribution < 1.29 is 13.9 Å². The van der Waals surface area contributed by atoms with Crippen LogP contribution < -0.4 is 5.73 Å². The Morgan fingerprint density at radius 3 is 2.91 bits per heavy atom. The van der Waals surface area contributed by atoms with Crippen molar-refractivity contribution in [1.29, 1.82) is 0 Å². The number of benzene rings is 1. The van der Waals surface area contributed by atoms with E-state index in [2.05, 4.69) is 10.1 Å². The summed E-state index contributed by atoms with van der Waals surface area (Å²) >= 11 is 0. The third-order valence-electron chi connectivity index (χ3n) is 4.25. The number of hydrogen-bond donors (Lipinski definition) is 2. The van der Waals surface area contributed by atoms with Crippen molar-refractivity contribution in [2.75, 3.05) is 13.2 Å². The second-order valence-corrected chi connectivity index (χ2v) is 5.57. The van der Waals surface area contributed by atoms with E-state index in [1.807, 2.05) is 6.20 Å². The van der Waals surface area contributed by atoms with E-state index in [0.717, 1.165) is 43.3 Å². The highest BCUT2D eigenvalue weighted by atomic mass is 19.1. The van der Waals surface area contributed by atoms with E-state index >= 15 is 0 Å². The molecule has 0 radical (unpaired) electrons. The third kappa shape index (κ3) is 1.89. The molecular formula is C15H15FN4O2. The van der Waals surface area contributed by atoms with E-state index in [1.165, 1.54) is 6.07 Å². The van der Waals surface area contributed by atoms with Gasteiger partial charge in [0.15, 0.2) is 5.65 Å². The molecule has 0 spiro atoms. The van der Waals surface area contributed by atoms with Crippen LogP contribution >= 0.6 is 0 Å². The smallest absolute Gasteiger partial charge is 0.251 e. The van der Waals surface area contributed by atoms with Gasteiger partial charge in [-0.05, 0) is 24.8 Å². The number of nitrogens with two attached hydrogens (primary N) is 1. The first-order valence-electron chi connectivity index (χ1n) is 7.21. The fraction of sp³-hybridized carbons (Fsp3) is 0.333. The first kappa shape index (κ1) is 13.3. The number of nitrogens with one attached hydrogen (secondary N) is 1. The number of aromatic nitrogens is 3. The molecule has 1 aliphatic rings. The summed E-state index contributed by atoms with van der Waals surface area (Å²) < 4.78 is 20.8. The van der Waals surface area contributed by atoms with Crippen LogP contribution in [0.2, 0.25) is 0 Å². The van der Waals surface area contributed by atoms with E-state index in [0.29, 0.717) is 17.0 Å². The molecule has 0 aliphatic carbocycles. The van der Waals surface area contributed by atoms with Gasteiger partial charge < -0.3 is 10.5 Å². The van der Waals surface area contributed by atoms with Crippen LogP contribution in [0.4, 0.5) is 4.39 Å². The highest BCUT2D eigenvalue weighted by molar-refractivity contribution is 6.05. The number of hydrogen-bond acceptors (Lipinski definition) is 3. The Kier molecular flexibility index (Phi) is 2.90. The van der Waals surface area contributed by atoms with Gasteiger partial charge >= 0.3 is 0 Å². The number of nitrogens with zero attached hydrogens (tertiary/aromatic N) is 2. The van der Waals surface area contributed by atoms with E-state index in [-0.39, 0.29) is 5.56 Å². The number of amides is 1. The lowest BCUT2D eigenvalue weighted by molar-refractivity contribution is 0.0855. The number of primary amides is 1. The molecule has 1 aliphatic heterocycles. The average molecular weight is 302 g/mol. The lowest BCUT2D eigenvalue weighted by Crippen LogP contribution is -2.13. The largest absolute Gasteiger partial charge is 0.381 e. The van der Waals surface area contributed by atoms with Crippen LogP contribution in [0, 0.1) is 5.82 Å². The molecule has 2 aromatic heterocycles. The van der Waals surface area contributed by atoms with Crippen LogP contribution in [0.5, 0.6) is 0 Å². The molecule has 1 fully saturated rings. The molecule has 3 heterocycles. The molecule has 1 amide bonds. The summed E-state index contributed by atoms with van der Waals surface area (Å²) in [5.74, 6) is -0.843. The van der Waals surface area contributed by atoms with Gasteiger partial charge in [-0.2, -0.15) is 0 Å². The second-order valence-electron chi connectivity index (χ2n) is 5.57. The Bertz CT molecular complexity index is 877. The molecular weight excluding hydrogens is 287 g/mol. The van der Waals surface area contributed by atoms with Gasteiger partial charge in [0.1, 0.15) is 11.3 Å². The fourth-order valence-corrected chi connectivity index (χ4v) is 3.19. The Labute approximate surface area is 125 Å².